The van der Waals surface area contributed by atoms with Gasteiger partial charge in [0.2, 0.25) is 11.8 Å². The van der Waals surface area contributed by atoms with E-state index in [1.54, 1.807) is 14.2 Å². The highest BCUT2D eigenvalue weighted by molar-refractivity contribution is 5.96. The van der Waals surface area contributed by atoms with Crippen LogP contribution < -0.4 is 20.1 Å². The summed E-state index contributed by atoms with van der Waals surface area (Å²) in [4.78, 5) is 62.1. The van der Waals surface area contributed by atoms with Gasteiger partial charge in [0.1, 0.15) is 35.2 Å². The third kappa shape index (κ3) is 7.64. The van der Waals surface area contributed by atoms with E-state index in [1.807, 2.05) is 96.1 Å². The van der Waals surface area contributed by atoms with Crippen molar-refractivity contribution >= 4 is 34.7 Å². The number of ether oxygens (including phenoxy) is 2. The molecule has 0 bridgehead atoms. The zero-order valence-corrected chi connectivity index (χ0v) is 30.6. The van der Waals surface area contributed by atoms with Gasteiger partial charge in [-0.15, -0.1) is 6.58 Å². The number of carboxylic acids is 1. The number of hydrogen-bond donors (Lipinski definition) is 3. The average molecular weight is 700 g/mol. The summed E-state index contributed by atoms with van der Waals surface area (Å²) in [5, 5.41) is 16.4. The second-order valence-corrected chi connectivity index (χ2v) is 15.5. The van der Waals surface area contributed by atoms with Crippen LogP contribution in [0.1, 0.15) is 54.4 Å². The van der Waals surface area contributed by atoms with Crippen molar-refractivity contribution in [1.29, 1.82) is 0 Å². The van der Waals surface area contributed by atoms with Gasteiger partial charge in [0.25, 0.3) is 0 Å². The normalized spacial score (nSPS) is 22.1. The summed E-state index contributed by atoms with van der Waals surface area (Å²) in [7, 11) is 3.24. The number of carbonyl (C=O) groups excluding carboxylic acids is 3. The first kappa shape index (κ1) is 37.1. The summed E-state index contributed by atoms with van der Waals surface area (Å²) in [6, 6.07) is 14.4. The number of amides is 4. The van der Waals surface area contributed by atoms with E-state index in [-0.39, 0.29) is 19.4 Å². The van der Waals surface area contributed by atoms with Crippen LogP contribution in [-0.2, 0) is 14.4 Å². The molecule has 1 aliphatic carbocycles. The Balaban J connectivity index is 1.52. The summed E-state index contributed by atoms with van der Waals surface area (Å²) >= 11 is 0. The van der Waals surface area contributed by atoms with Gasteiger partial charge in [-0.25, -0.2) is 14.6 Å². The Kier molecular flexibility index (Phi) is 10.1. The Morgan fingerprint density at radius 1 is 1.08 bits per heavy atom. The second-order valence-electron chi connectivity index (χ2n) is 15.5. The lowest BCUT2D eigenvalue weighted by Crippen LogP contribution is -2.61. The van der Waals surface area contributed by atoms with Crippen LogP contribution in [0.25, 0.3) is 22.2 Å². The fraction of sp³-hybridized carbons (Fsp3) is 0.462. The van der Waals surface area contributed by atoms with Gasteiger partial charge in [0, 0.05) is 48.0 Å². The summed E-state index contributed by atoms with van der Waals surface area (Å²) < 4.78 is 12.1. The smallest absolute Gasteiger partial charge is 0.330 e. The molecule has 5 atom stereocenters. The molecule has 0 radical (unpaired) electrons. The van der Waals surface area contributed by atoms with Gasteiger partial charge in [-0.3, -0.25) is 9.59 Å². The fourth-order valence-corrected chi connectivity index (χ4v) is 6.37. The Labute approximate surface area is 299 Å². The molecule has 2 aromatic carbocycles. The van der Waals surface area contributed by atoms with E-state index in [0.717, 1.165) is 5.56 Å². The van der Waals surface area contributed by atoms with Crippen molar-refractivity contribution in [2.45, 2.75) is 83.6 Å². The van der Waals surface area contributed by atoms with Crippen molar-refractivity contribution in [3.05, 3.63) is 67.3 Å². The largest absolute Gasteiger partial charge is 0.497 e. The maximum absolute atomic E-state index is 14.6. The van der Waals surface area contributed by atoms with Crippen LogP contribution in [0.3, 0.4) is 0 Å². The van der Waals surface area contributed by atoms with Crippen LogP contribution in [0, 0.1) is 11.3 Å². The number of nitrogens with zero attached hydrogens (tertiary/aromatic N) is 3. The lowest BCUT2D eigenvalue weighted by atomic mass is 9.85. The van der Waals surface area contributed by atoms with Gasteiger partial charge in [-0.05, 0) is 44.7 Å². The van der Waals surface area contributed by atoms with Crippen molar-refractivity contribution in [1.82, 2.24) is 25.4 Å². The lowest BCUT2D eigenvalue weighted by molar-refractivity contribution is -0.146. The van der Waals surface area contributed by atoms with E-state index >= 15 is 0 Å². The monoisotopic (exact) mass is 699 g/mol. The molecule has 2 heterocycles. The molecule has 3 N–H and O–H groups in total. The van der Waals surface area contributed by atoms with E-state index in [9.17, 15) is 24.3 Å². The summed E-state index contributed by atoms with van der Waals surface area (Å²) in [6.07, 6.45) is 1.14. The number of fused-ring (bicyclic) bond motifs is 1. The third-order valence-corrected chi connectivity index (χ3v) is 9.91. The molecule has 12 heteroatoms. The zero-order chi connectivity index (χ0) is 37.5. The minimum Gasteiger partial charge on any atom is -0.497 e. The highest BCUT2D eigenvalue weighted by atomic mass is 16.5. The van der Waals surface area contributed by atoms with Gasteiger partial charge in [0.15, 0.2) is 0 Å². The van der Waals surface area contributed by atoms with Crippen molar-refractivity contribution in [2.75, 3.05) is 20.7 Å². The third-order valence-electron chi connectivity index (χ3n) is 9.91. The maximum Gasteiger partial charge on any atom is 0.330 e. The van der Waals surface area contributed by atoms with Crippen molar-refractivity contribution in [3.63, 3.8) is 0 Å². The lowest BCUT2D eigenvalue weighted by Gasteiger charge is -2.38. The predicted molar refractivity (Wildman–Crippen MR) is 194 cm³/mol. The number of carbonyl (C=O) groups is 4. The van der Waals surface area contributed by atoms with Gasteiger partial charge >= 0.3 is 12.0 Å². The van der Waals surface area contributed by atoms with E-state index < -0.39 is 64.4 Å². The number of methoxy groups -OCH3 is 1. The fourth-order valence-electron chi connectivity index (χ4n) is 6.37. The van der Waals surface area contributed by atoms with Gasteiger partial charge in [0.05, 0.1) is 24.9 Å². The van der Waals surface area contributed by atoms with Crippen LogP contribution >= 0.6 is 0 Å². The van der Waals surface area contributed by atoms with Crippen LogP contribution in [0.4, 0.5) is 4.79 Å². The quantitative estimate of drug-likeness (QED) is 0.243. The number of urea groups is 1. The van der Waals surface area contributed by atoms with Crippen LogP contribution in [0.15, 0.2) is 67.3 Å². The van der Waals surface area contributed by atoms with E-state index in [4.69, 9.17) is 14.5 Å². The SMILES string of the molecule is C=C[C@H]1CC1(NC(=O)[C@@H]1C[C@@H](Oc2cc(-c3ccccc3)nc3cc(OC)ccc23)CN1C(=O)[C@@H](NC(=O)N(C)C(C)(C)C)C(C)(C)C)C(=O)O. The number of carboxylic acid groups (broad SMARTS) is 1. The van der Waals surface area contributed by atoms with Crippen molar-refractivity contribution in [2.24, 2.45) is 11.3 Å². The second kappa shape index (κ2) is 13.9. The summed E-state index contributed by atoms with van der Waals surface area (Å²) in [6.45, 7) is 14.9. The Morgan fingerprint density at radius 2 is 1.76 bits per heavy atom. The first-order valence-corrected chi connectivity index (χ1v) is 17.1. The number of rotatable bonds is 10. The predicted octanol–water partition coefficient (Wildman–Crippen LogP) is 5.26. The van der Waals surface area contributed by atoms with Gasteiger partial charge in [-0.1, -0.05) is 57.2 Å². The zero-order valence-electron chi connectivity index (χ0n) is 30.6. The average Bonchev–Trinajstić information content (AvgIpc) is 3.64. The molecule has 1 aromatic heterocycles. The number of pyridine rings is 1. The van der Waals surface area contributed by atoms with Crippen LogP contribution in [-0.4, -0.2) is 93.7 Å². The molecule has 1 unspecified atom stereocenters. The molecule has 51 heavy (non-hydrogen) atoms. The molecule has 1 aliphatic heterocycles. The van der Waals surface area contributed by atoms with Crippen LogP contribution in [0.2, 0.25) is 0 Å². The molecule has 272 valence electrons. The van der Waals surface area contributed by atoms with E-state index in [2.05, 4.69) is 17.2 Å². The molecular weight excluding hydrogens is 650 g/mol. The van der Waals surface area contributed by atoms with Crippen molar-refractivity contribution in [3.8, 4) is 22.8 Å². The first-order chi connectivity index (χ1) is 23.9. The summed E-state index contributed by atoms with van der Waals surface area (Å²) in [5.74, 6) is -1.56. The maximum atomic E-state index is 14.6. The topological polar surface area (TPSA) is 150 Å². The van der Waals surface area contributed by atoms with Crippen LogP contribution in [0.5, 0.6) is 11.5 Å². The number of hydrogen-bond acceptors (Lipinski definition) is 7. The first-order valence-electron chi connectivity index (χ1n) is 17.1. The minimum absolute atomic E-state index is 0.0140. The molecule has 2 fully saturated rings. The number of likely N-dealkylation sites (tertiary alicyclic amines) is 1. The van der Waals surface area contributed by atoms with Crippen molar-refractivity contribution < 1.29 is 33.8 Å². The Bertz CT molecular complexity index is 1830. The molecule has 3 aromatic rings. The summed E-state index contributed by atoms with van der Waals surface area (Å²) in [5.41, 5.74) is -0.586. The minimum atomic E-state index is -1.50. The van der Waals surface area contributed by atoms with Gasteiger partial charge < -0.3 is 35.0 Å². The molecule has 12 nitrogen and oxygen atoms in total. The standard InChI is InChI=1S/C39H49N5O7/c1-10-24-21-39(24,35(47)48)42-33(45)30-19-26(22-44(30)34(46)32(37(2,3)4)41-36(49)43(8)38(5,6)7)51-31-20-28(23-14-12-11-13-15-23)40-29-18-25(50-9)16-17-27(29)31/h10-18,20,24,26,30,32H,1,19,21-22H2,2-9H3,(H,41,49)(H,42,45)(H,47,48)/t24-,26+,30-,32+,39?/m0/s1. The van der Waals surface area contributed by atoms with E-state index in [0.29, 0.717) is 28.1 Å². The molecule has 2 aliphatic rings. The molecule has 1 saturated carbocycles. The number of benzene rings is 2. The number of aliphatic carboxylic acids is 1. The molecule has 5 rings (SSSR count). The Morgan fingerprint density at radius 3 is 2.33 bits per heavy atom. The number of aromatic nitrogens is 1. The highest BCUT2D eigenvalue weighted by Crippen LogP contribution is 2.45. The van der Waals surface area contributed by atoms with E-state index in [1.165, 1.54) is 15.9 Å². The number of nitrogens with one attached hydrogen (secondary N) is 2. The Hall–Kier alpha value is -5.13. The molecule has 4 amide bonds. The highest BCUT2D eigenvalue weighted by Gasteiger charge is 2.61. The molecule has 1 saturated heterocycles. The van der Waals surface area contributed by atoms with Gasteiger partial charge in [-0.2, -0.15) is 0 Å². The molecule has 0 spiro atoms. The molecular formula is C39H49N5O7.